The third kappa shape index (κ3) is 2.61. The molecule has 0 amide bonds. The lowest BCUT2D eigenvalue weighted by Crippen LogP contribution is -2.32. The molecule has 4 rings (SSSR count). The fourth-order valence-electron chi connectivity index (χ4n) is 3.06. The van der Waals surface area contributed by atoms with Crippen molar-refractivity contribution in [3.63, 3.8) is 0 Å². The van der Waals surface area contributed by atoms with Crippen molar-refractivity contribution in [2.45, 2.75) is 26.4 Å². The number of pyridine rings is 1. The molecule has 0 saturated carbocycles. The zero-order chi connectivity index (χ0) is 15.8. The first-order chi connectivity index (χ1) is 11.2. The van der Waals surface area contributed by atoms with Gasteiger partial charge in [-0.1, -0.05) is 6.07 Å². The molecule has 3 aromatic rings. The molecular formula is C17H17N5O. The Morgan fingerprint density at radius 2 is 2.26 bits per heavy atom. The standard InChI is InChI=1S/C17H17N5O/c1-12-3-2-5-22-16(23)7-14(20-17(12)22)9-21-6-4-13-8-18-11-19-15(13)10-21/h2-3,5,7-8,11H,4,6,9-10H2,1H3. The monoisotopic (exact) mass is 307 g/mol. The van der Waals surface area contributed by atoms with E-state index in [1.165, 1.54) is 5.56 Å². The Morgan fingerprint density at radius 3 is 3.17 bits per heavy atom. The molecule has 0 atom stereocenters. The Bertz CT molecular complexity index is 934. The lowest BCUT2D eigenvalue weighted by Gasteiger charge is -2.27. The van der Waals surface area contributed by atoms with E-state index in [2.05, 4.69) is 19.9 Å². The van der Waals surface area contributed by atoms with Gasteiger partial charge in [0.15, 0.2) is 0 Å². The van der Waals surface area contributed by atoms with Gasteiger partial charge in [0, 0.05) is 38.1 Å². The summed E-state index contributed by atoms with van der Waals surface area (Å²) in [5.41, 5.74) is 4.79. The normalized spacial score (nSPS) is 14.8. The first-order valence-electron chi connectivity index (χ1n) is 7.69. The molecule has 0 radical (unpaired) electrons. The van der Waals surface area contributed by atoms with Gasteiger partial charge >= 0.3 is 0 Å². The molecule has 0 N–H and O–H groups in total. The first kappa shape index (κ1) is 14.0. The van der Waals surface area contributed by atoms with Crippen molar-refractivity contribution < 1.29 is 0 Å². The summed E-state index contributed by atoms with van der Waals surface area (Å²) in [5, 5.41) is 0. The van der Waals surface area contributed by atoms with Gasteiger partial charge in [0.25, 0.3) is 5.56 Å². The molecule has 6 heteroatoms. The van der Waals surface area contributed by atoms with Gasteiger partial charge in [-0.25, -0.2) is 15.0 Å². The first-order valence-corrected chi connectivity index (χ1v) is 7.69. The topological polar surface area (TPSA) is 63.4 Å². The minimum atomic E-state index is -0.0339. The number of aromatic nitrogens is 4. The van der Waals surface area contributed by atoms with E-state index in [9.17, 15) is 4.79 Å². The van der Waals surface area contributed by atoms with E-state index in [0.717, 1.165) is 42.1 Å². The summed E-state index contributed by atoms with van der Waals surface area (Å²) in [6, 6.07) is 5.47. The van der Waals surface area contributed by atoms with E-state index in [1.54, 1.807) is 23.0 Å². The van der Waals surface area contributed by atoms with Crippen molar-refractivity contribution in [1.82, 2.24) is 24.3 Å². The quantitative estimate of drug-likeness (QED) is 0.715. The minimum absolute atomic E-state index is 0.0339. The van der Waals surface area contributed by atoms with Gasteiger partial charge in [-0.3, -0.25) is 14.1 Å². The number of aryl methyl sites for hydroxylation is 1. The highest BCUT2D eigenvalue weighted by Gasteiger charge is 2.18. The molecule has 0 saturated heterocycles. The zero-order valence-corrected chi connectivity index (χ0v) is 12.9. The van der Waals surface area contributed by atoms with E-state index < -0.39 is 0 Å². The summed E-state index contributed by atoms with van der Waals surface area (Å²) in [6.45, 7) is 4.32. The molecule has 0 spiro atoms. The van der Waals surface area contributed by atoms with Gasteiger partial charge in [0.05, 0.1) is 11.4 Å². The number of hydrogen-bond acceptors (Lipinski definition) is 5. The molecule has 6 nitrogen and oxygen atoms in total. The third-order valence-corrected chi connectivity index (χ3v) is 4.28. The van der Waals surface area contributed by atoms with E-state index >= 15 is 0 Å². The van der Waals surface area contributed by atoms with Crippen LogP contribution in [0.2, 0.25) is 0 Å². The van der Waals surface area contributed by atoms with Crippen LogP contribution >= 0.6 is 0 Å². The molecule has 3 aromatic heterocycles. The van der Waals surface area contributed by atoms with Crippen LogP contribution in [-0.2, 0) is 19.5 Å². The molecule has 0 aliphatic carbocycles. The second-order valence-corrected chi connectivity index (χ2v) is 5.93. The maximum Gasteiger partial charge on any atom is 0.258 e. The fourth-order valence-corrected chi connectivity index (χ4v) is 3.06. The second kappa shape index (κ2) is 5.55. The third-order valence-electron chi connectivity index (χ3n) is 4.28. The number of hydrogen-bond donors (Lipinski definition) is 0. The maximum absolute atomic E-state index is 12.3. The zero-order valence-electron chi connectivity index (χ0n) is 12.9. The Balaban J connectivity index is 1.64. The molecule has 4 heterocycles. The van der Waals surface area contributed by atoms with Crippen LogP contribution in [0.15, 0.2) is 41.7 Å². The molecule has 0 aromatic carbocycles. The van der Waals surface area contributed by atoms with Gasteiger partial charge < -0.3 is 0 Å². The molecule has 1 aliphatic rings. The summed E-state index contributed by atoms with van der Waals surface area (Å²) < 4.78 is 1.59. The molecule has 1 aliphatic heterocycles. The van der Waals surface area contributed by atoms with Crippen molar-refractivity contribution in [3.05, 3.63) is 69.8 Å². The predicted molar refractivity (Wildman–Crippen MR) is 86.0 cm³/mol. The van der Waals surface area contributed by atoms with Crippen LogP contribution < -0.4 is 5.56 Å². The largest absolute Gasteiger partial charge is 0.291 e. The van der Waals surface area contributed by atoms with Gasteiger partial charge in [0.2, 0.25) is 0 Å². The lowest BCUT2D eigenvalue weighted by atomic mass is 10.1. The van der Waals surface area contributed by atoms with E-state index in [-0.39, 0.29) is 5.56 Å². The van der Waals surface area contributed by atoms with Crippen LogP contribution in [0.1, 0.15) is 22.5 Å². The van der Waals surface area contributed by atoms with Gasteiger partial charge in [-0.2, -0.15) is 0 Å². The average molecular weight is 307 g/mol. The highest BCUT2D eigenvalue weighted by atomic mass is 16.1. The Labute approximate surface area is 133 Å². The maximum atomic E-state index is 12.3. The molecule has 0 fully saturated rings. The molecule has 23 heavy (non-hydrogen) atoms. The highest BCUT2D eigenvalue weighted by molar-refractivity contribution is 5.46. The van der Waals surface area contributed by atoms with Crippen LogP contribution in [-0.4, -0.2) is 30.8 Å². The fraction of sp³-hybridized carbons (Fsp3) is 0.294. The molecular weight excluding hydrogens is 290 g/mol. The van der Waals surface area contributed by atoms with Crippen molar-refractivity contribution in [2.75, 3.05) is 6.54 Å². The summed E-state index contributed by atoms with van der Waals surface area (Å²) in [7, 11) is 0. The number of rotatable bonds is 2. The minimum Gasteiger partial charge on any atom is -0.291 e. The Hall–Kier alpha value is -2.60. The molecule has 0 bridgehead atoms. The number of nitrogens with zero attached hydrogens (tertiary/aromatic N) is 5. The molecule has 0 unspecified atom stereocenters. The lowest BCUT2D eigenvalue weighted by molar-refractivity contribution is 0.238. The van der Waals surface area contributed by atoms with Crippen LogP contribution in [0.25, 0.3) is 5.65 Å². The Morgan fingerprint density at radius 1 is 1.35 bits per heavy atom. The Kier molecular flexibility index (Phi) is 3.38. The number of fused-ring (bicyclic) bond motifs is 2. The predicted octanol–water partition coefficient (Wildman–Crippen LogP) is 1.35. The van der Waals surface area contributed by atoms with Crippen molar-refractivity contribution in [1.29, 1.82) is 0 Å². The van der Waals surface area contributed by atoms with Crippen LogP contribution in [0.3, 0.4) is 0 Å². The van der Waals surface area contributed by atoms with E-state index in [0.29, 0.717) is 6.54 Å². The van der Waals surface area contributed by atoms with E-state index in [1.807, 2.05) is 25.3 Å². The van der Waals surface area contributed by atoms with Crippen LogP contribution in [0.4, 0.5) is 0 Å². The van der Waals surface area contributed by atoms with E-state index in [4.69, 9.17) is 0 Å². The summed E-state index contributed by atoms with van der Waals surface area (Å²) in [6.07, 6.45) is 6.17. The SMILES string of the molecule is Cc1cccn2c(=O)cc(CN3CCc4cncnc4C3)nc12. The smallest absolute Gasteiger partial charge is 0.258 e. The second-order valence-electron chi connectivity index (χ2n) is 5.93. The van der Waals surface area contributed by atoms with Crippen molar-refractivity contribution in [3.8, 4) is 0 Å². The van der Waals surface area contributed by atoms with Gasteiger partial charge in [-0.15, -0.1) is 0 Å². The van der Waals surface area contributed by atoms with Crippen LogP contribution in [0.5, 0.6) is 0 Å². The summed E-state index contributed by atoms with van der Waals surface area (Å²) in [4.78, 5) is 27.6. The molecule has 116 valence electrons. The summed E-state index contributed by atoms with van der Waals surface area (Å²) >= 11 is 0. The van der Waals surface area contributed by atoms with Gasteiger partial charge in [-0.05, 0) is 30.5 Å². The summed E-state index contributed by atoms with van der Waals surface area (Å²) in [5.74, 6) is 0. The highest BCUT2D eigenvalue weighted by Crippen LogP contribution is 2.17. The van der Waals surface area contributed by atoms with Crippen molar-refractivity contribution in [2.24, 2.45) is 0 Å². The van der Waals surface area contributed by atoms with Crippen LogP contribution in [0, 0.1) is 6.92 Å². The van der Waals surface area contributed by atoms with Gasteiger partial charge in [0.1, 0.15) is 12.0 Å². The average Bonchev–Trinajstić information content (AvgIpc) is 2.56. The van der Waals surface area contributed by atoms with Crippen molar-refractivity contribution >= 4 is 5.65 Å².